The summed E-state index contributed by atoms with van der Waals surface area (Å²) in [5.74, 6) is 0. The average Bonchev–Trinajstić information content (AvgIpc) is 2.80. The second kappa shape index (κ2) is 6.92. The van der Waals surface area contributed by atoms with Crippen LogP contribution in [-0.2, 0) is 17.6 Å². The van der Waals surface area contributed by atoms with Crippen LogP contribution in [-0.4, -0.2) is 37.2 Å². The number of likely N-dealkylation sites (N-methyl/N-ethyl adjacent to an activating group) is 1. The highest BCUT2D eigenvalue weighted by Crippen LogP contribution is 2.34. The normalized spacial score (nSPS) is 20.9. The summed E-state index contributed by atoms with van der Waals surface area (Å²) < 4.78 is 6.07. The van der Waals surface area contributed by atoms with E-state index in [1.165, 1.54) is 27.8 Å². The Kier molecular flexibility index (Phi) is 4.50. The molecule has 1 atom stereocenters. The molecule has 0 spiro atoms. The second-order valence-electron chi connectivity index (χ2n) is 6.70. The molecule has 1 unspecified atom stereocenters. The largest absolute Gasteiger partial charge is 0.371 e. The number of rotatable bonds is 2. The Morgan fingerprint density at radius 2 is 1.62 bits per heavy atom. The van der Waals surface area contributed by atoms with Gasteiger partial charge in [0.05, 0.1) is 12.7 Å². The fourth-order valence-corrected chi connectivity index (χ4v) is 3.90. The van der Waals surface area contributed by atoms with Crippen LogP contribution in [0.2, 0.25) is 0 Å². The predicted octanol–water partition coefficient (Wildman–Crippen LogP) is 3.94. The summed E-state index contributed by atoms with van der Waals surface area (Å²) in [7, 11) is 0. The van der Waals surface area contributed by atoms with Crippen molar-refractivity contribution < 1.29 is 4.74 Å². The molecular formula is C22H25NO. The van der Waals surface area contributed by atoms with Crippen molar-refractivity contribution in [3.8, 4) is 0 Å². The van der Waals surface area contributed by atoms with Gasteiger partial charge in [-0.2, -0.15) is 0 Å². The zero-order valence-electron chi connectivity index (χ0n) is 14.4. The molecule has 2 aromatic rings. The maximum absolute atomic E-state index is 6.07. The molecule has 0 aromatic heterocycles. The van der Waals surface area contributed by atoms with E-state index in [-0.39, 0.29) is 6.10 Å². The van der Waals surface area contributed by atoms with E-state index in [4.69, 9.17) is 4.74 Å². The molecule has 0 N–H and O–H groups in total. The lowest BCUT2D eigenvalue weighted by Crippen LogP contribution is -2.41. The van der Waals surface area contributed by atoms with Crippen LogP contribution in [0.15, 0.2) is 54.6 Å². The molecular weight excluding hydrogens is 294 g/mol. The number of aryl methyl sites for hydroxylation is 2. The fourth-order valence-electron chi connectivity index (χ4n) is 3.90. The van der Waals surface area contributed by atoms with E-state index < -0.39 is 0 Å². The summed E-state index contributed by atoms with van der Waals surface area (Å²) in [6.45, 7) is 6.18. The Labute approximate surface area is 144 Å². The molecule has 0 amide bonds. The van der Waals surface area contributed by atoms with Crippen LogP contribution in [0.3, 0.4) is 0 Å². The minimum Gasteiger partial charge on any atom is -0.371 e. The molecule has 1 saturated heterocycles. The van der Waals surface area contributed by atoms with Gasteiger partial charge in [-0.05, 0) is 53.3 Å². The van der Waals surface area contributed by atoms with Crippen molar-refractivity contribution in [1.29, 1.82) is 0 Å². The number of hydrogen-bond donors (Lipinski definition) is 0. The van der Waals surface area contributed by atoms with Gasteiger partial charge in [-0.3, -0.25) is 4.90 Å². The minimum atomic E-state index is 0.174. The van der Waals surface area contributed by atoms with Crippen molar-refractivity contribution >= 4 is 5.57 Å². The Bertz CT molecular complexity index is 700. The summed E-state index contributed by atoms with van der Waals surface area (Å²) >= 11 is 0. The Morgan fingerprint density at radius 1 is 1.00 bits per heavy atom. The first kappa shape index (κ1) is 15.6. The van der Waals surface area contributed by atoms with E-state index in [1.54, 1.807) is 0 Å². The molecule has 2 nitrogen and oxygen atoms in total. The highest BCUT2D eigenvalue weighted by atomic mass is 16.5. The standard InChI is InChI=1S/C22H25NO/c1-2-23-13-14-24-19(16-23)15-22-20-9-5-3-7-17(20)11-12-18-8-4-6-10-21(18)22/h3-10,15,19H,2,11-14,16H2,1H3. The molecule has 1 aliphatic heterocycles. The van der Waals surface area contributed by atoms with Gasteiger partial charge >= 0.3 is 0 Å². The fraction of sp³-hybridized carbons (Fsp3) is 0.364. The summed E-state index contributed by atoms with van der Waals surface area (Å²) in [5.41, 5.74) is 6.99. The molecule has 1 aliphatic carbocycles. The molecule has 124 valence electrons. The first-order chi connectivity index (χ1) is 11.8. The van der Waals surface area contributed by atoms with Crippen molar-refractivity contribution in [2.75, 3.05) is 26.2 Å². The van der Waals surface area contributed by atoms with Crippen LogP contribution in [0.4, 0.5) is 0 Å². The van der Waals surface area contributed by atoms with E-state index in [2.05, 4.69) is 66.4 Å². The molecule has 0 saturated carbocycles. The SMILES string of the molecule is CCN1CCOC(C=C2c3ccccc3CCc3ccccc32)C1. The van der Waals surface area contributed by atoms with Gasteiger partial charge in [-0.1, -0.05) is 55.5 Å². The van der Waals surface area contributed by atoms with Crippen LogP contribution in [0.25, 0.3) is 5.57 Å². The zero-order chi connectivity index (χ0) is 16.4. The Balaban J connectivity index is 1.79. The maximum atomic E-state index is 6.07. The zero-order valence-corrected chi connectivity index (χ0v) is 14.4. The quantitative estimate of drug-likeness (QED) is 0.831. The van der Waals surface area contributed by atoms with E-state index in [0.29, 0.717) is 0 Å². The number of ether oxygens (including phenoxy) is 1. The molecule has 0 radical (unpaired) electrons. The third kappa shape index (κ3) is 3.04. The van der Waals surface area contributed by atoms with Crippen molar-refractivity contribution in [1.82, 2.24) is 4.90 Å². The summed E-state index contributed by atoms with van der Waals surface area (Å²) in [5, 5.41) is 0. The number of benzene rings is 2. The van der Waals surface area contributed by atoms with Crippen molar-refractivity contribution in [2.45, 2.75) is 25.9 Å². The molecule has 1 heterocycles. The summed E-state index contributed by atoms with van der Waals surface area (Å²) in [6, 6.07) is 17.7. The molecule has 1 fully saturated rings. The van der Waals surface area contributed by atoms with Crippen molar-refractivity contribution in [2.24, 2.45) is 0 Å². The highest BCUT2D eigenvalue weighted by molar-refractivity contribution is 5.84. The van der Waals surface area contributed by atoms with E-state index >= 15 is 0 Å². The van der Waals surface area contributed by atoms with Crippen LogP contribution >= 0.6 is 0 Å². The van der Waals surface area contributed by atoms with Gasteiger partial charge < -0.3 is 4.74 Å². The van der Waals surface area contributed by atoms with Gasteiger partial charge in [0.15, 0.2) is 0 Å². The van der Waals surface area contributed by atoms with Gasteiger partial charge in [0, 0.05) is 13.1 Å². The third-order valence-electron chi connectivity index (χ3n) is 5.26. The van der Waals surface area contributed by atoms with Gasteiger partial charge in [0.1, 0.15) is 0 Å². The molecule has 2 aliphatic rings. The lowest BCUT2D eigenvalue weighted by atomic mass is 9.92. The smallest absolute Gasteiger partial charge is 0.0892 e. The number of morpholine rings is 1. The lowest BCUT2D eigenvalue weighted by Gasteiger charge is -2.31. The second-order valence-corrected chi connectivity index (χ2v) is 6.70. The van der Waals surface area contributed by atoms with Crippen molar-refractivity contribution in [3.63, 3.8) is 0 Å². The Hall–Kier alpha value is -1.90. The minimum absolute atomic E-state index is 0.174. The van der Waals surface area contributed by atoms with E-state index in [1.807, 2.05) is 0 Å². The first-order valence-electron chi connectivity index (χ1n) is 9.07. The van der Waals surface area contributed by atoms with E-state index in [0.717, 1.165) is 39.1 Å². The number of fused-ring (bicyclic) bond motifs is 2. The van der Waals surface area contributed by atoms with Crippen LogP contribution in [0.5, 0.6) is 0 Å². The predicted molar refractivity (Wildman–Crippen MR) is 99.2 cm³/mol. The topological polar surface area (TPSA) is 12.5 Å². The monoisotopic (exact) mass is 319 g/mol. The molecule has 4 rings (SSSR count). The molecule has 2 heteroatoms. The summed E-state index contributed by atoms with van der Waals surface area (Å²) in [6.07, 6.45) is 4.76. The molecule has 24 heavy (non-hydrogen) atoms. The highest BCUT2D eigenvalue weighted by Gasteiger charge is 2.22. The lowest BCUT2D eigenvalue weighted by molar-refractivity contribution is -0.000941. The number of nitrogens with zero attached hydrogens (tertiary/aromatic N) is 1. The summed E-state index contributed by atoms with van der Waals surface area (Å²) in [4.78, 5) is 2.47. The van der Waals surface area contributed by atoms with Gasteiger partial charge in [0.25, 0.3) is 0 Å². The number of hydrogen-bond acceptors (Lipinski definition) is 2. The first-order valence-corrected chi connectivity index (χ1v) is 9.07. The average molecular weight is 319 g/mol. The third-order valence-corrected chi connectivity index (χ3v) is 5.26. The van der Waals surface area contributed by atoms with E-state index in [9.17, 15) is 0 Å². The van der Waals surface area contributed by atoms with Crippen molar-refractivity contribution in [3.05, 3.63) is 76.9 Å². The van der Waals surface area contributed by atoms with Crippen LogP contribution < -0.4 is 0 Å². The molecule has 2 aromatic carbocycles. The molecule has 0 bridgehead atoms. The van der Waals surface area contributed by atoms with Crippen LogP contribution in [0.1, 0.15) is 29.2 Å². The van der Waals surface area contributed by atoms with Crippen LogP contribution in [0, 0.1) is 0 Å². The van der Waals surface area contributed by atoms with Gasteiger partial charge in [-0.25, -0.2) is 0 Å². The van der Waals surface area contributed by atoms with Gasteiger partial charge in [0.2, 0.25) is 0 Å². The van der Waals surface area contributed by atoms with Gasteiger partial charge in [-0.15, -0.1) is 0 Å². The Morgan fingerprint density at radius 3 is 2.25 bits per heavy atom. The maximum Gasteiger partial charge on any atom is 0.0892 e.